The third kappa shape index (κ3) is 4.59. The lowest BCUT2D eigenvalue weighted by atomic mass is 10.0. The number of nitrogens with one attached hydrogen (secondary N) is 2. The minimum absolute atomic E-state index is 0.221. The van der Waals surface area contributed by atoms with Gasteiger partial charge in [-0.3, -0.25) is 0 Å². The van der Waals surface area contributed by atoms with E-state index in [1.807, 2.05) is 6.92 Å². The number of aliphatic hydroxyl groups is 1. The third-order valence-electron chi connectivity index (χ3n) is 3.67. The first-order valence-electron chi connectivity index (χ1n) is 7.74. The average Bonchev–Trinajstić information content (AvgIpc) is 2.67. The molecule has 1 heterocycles. The first-order chi connectivity index (χ1) is 10.6. The summed E-state index contributed by atoms with van der Waals surface area (Å²) in [5.74, 6) is 0.125. The molecule has 0 fully saturated rings. The van der Waals surface area contributed by atoms with E-state index in [1.54, 1.807) is 6.07 Å². The summed E-state index contributed by atoms with van der Waals surface area (Å²) in [4.78, 5) is 12.0. The molecule has 5 nitrogen and oxygen atoms in total. The number of carbonyl (C=O) groups excluding carboxylic acids is 1. The van der Waals surface area contributed by atoms with Gasteiger partial charge >= 0.3 is 6.03 Å². The Hall–Kier alpha value is -1.82. The van der Waals surface area contributed by atoms with Crippen molar-refractivity contribution in [2.24, 2.45) is 0 Å². The molecule has 2 rings (SSSR count). The molecular formula is C16H23FN2O3. The molecule has 0 aliphatic carbocycles. The van der Waals surface area contributed by atoms with Crippen LogP contribution in [0.15, 0.2) is 18.2 Å². The number of amides is 2. The molecule has 0 spiro atoms. The highest BCUT2D eigenvalue weighted by atomic mass is 19.1. The predicted molar refractivity (Wildman–Crippen MR) is 81.3 cm³/mol. The van der Waals surface area contributed by atoms with E-state index in [-0.39, 0.29) is 24.4 Å². The number of aliphatic hydroxyl groups excluding tert-OH is 1. The summed E-state index contributed by atoms with van der Waals surface area (Å²) in [6.07, 6.45) is 2.49. The number of hydrogen-bond donors (Lipinski definition) is 3. The van der Waals surface area contributed by atoms with Crippen molar-refractivity contribution in [1.29, 1.82) is 0 Å². The van der Waals surface area contributed by atoms with Gasteiger partial charge in [0.15, 0.2) is 0 Å². The Kier molecular flexibility index (Phi) is 6.00. The maximum absolute atomic E-state index is 13.3. The average molecular weight is 310 g/mol. The lowest BCUT2D eigenvalue weighted by Gasteiger charge is -2.19. The van der Waals surface area contributed by atoms with Crippen LogP contribution in [-0.2, 0) is 0 Å². The molecule has 2 amide bonds. The molecule has 0 saturated heterocycles. The molecule has 0 radical (unpaired) electrons. The topological polar surface area (TPSA) is 70.6 Å². The number of halogens is 1. The van der Waals surface area contributed by atoms with Gasteiger partial charge in [0.2, 0.25) is 0 Å². The van der Waals surface area contributed by atoms with Crippen molar-refractivity contribution in [3.63, 3.8) is 0 Å². The minimum atomic E-state index is -0.533. The number of urea groups is 1. The van der Waals surface area contributed by atoms with E-state index in [9.17, 15) is 14.3 Å². The third-order valence-corrected chi connectivity index (χ3v) is 3.67. The molecule has 0 aromatic heterocycles. The Morgan fingerprint density at radius 3 is 3.14 bits per heavy atom. The second kappa shape index (κ2) is 7.98. The highest BCUT2D eigenvalue weighted by molar-refractivity contribution is 5.74. The van der Waals surface area contributed by atoms with Crippen molar-refractivity contribution in [3.8, 4) is 5.75 Å². The van der Waals surface area contributed by atoms with Crippen LogP contribution in [0.3, 0.4) is 0 Å². The van der Waals surface area contributed by atoms with E-state index < -0.39 is 6.10 Å². The normalized spacial score (nSPS) is 18.6. The van der Waals surface area contributed by atoms with Gasteiger partial charge in [0.25, 0.3) is 0 Å². The molecule has 2 atom stereocenters. The van der Waals surface area contributed by atoms with Crippen LogP contribution in [0.4, 0.5) is 9.18 Å². The van der Waals surface area contributed by atoms with Gasteiger partial charge in [0.05, 0.1) is 18.8 Å². The Morgan fingerprint density at radius 2 is 2.36 bits per heavy atom. The van der Waals surface area contributed by atoms with E-state index >= 15 is 0 Å². The number of fused-ring (bicyclic) bond motifs is 1. The van der Waals surface area contributed by atoms with Crippen molar-refractivity contribution in [2.45, 2.75) is 44.8 Å². The van der Waals surface area contributed by atoms with Gasteiger partial charge in [-0.2, -0.15) is 0 Å². The molecule has 3 N–H and O–H groups in total. The number of ether oxygens (including phenoxy) is 1. The Balaban J connectivity index is 1.96. The number of hydrogen-bond acceptors (Lipinski definition) is 3. The number of benzene rings is 1. The van der Waals surface area contributed by atoms with Crippen LogP contribution in [0.25, 0.3) is 0 Å². The maximum Gasteiger partial charge on any atom is 0.315 e. The van der Waals surface area contributed by atoms with E-state index in [4.69, 9.17) is 4.74 Å². The van der Waals surface area contributed by atoms with Crippen LogP contribution in [0.2, 0.25) is 0 Å². The summed E-state index contributed by atoms with van der Waals surface area (Å²) < 4.78 is 18.8. The van der Waals surface area contributed by atoms with Crippen molar-refractivity contribution >= 4 is 6.03 Å². The van der Waals surface area contributed by atoms with Crippen molar-refractivity contribution in [2.75, 3.05) is 13.2 Å². The summed E-state index contributed by atoms with van der Waals surface area (Å²) in [6.45, 7) is 2.70. The summed E-state index contributed by atoms with van der Waals surface area (Å²) in [5, 5.41) is 15.2. The summed E-state index contributed by atoms with van der Waals surface area (Å²) in [7, 11) is 0. The lowest BCUT2D eigenvalue weighted by molar-refractivity contribution is 0.160. The second-order valence-electron chi connectivity index (χ2n) is 5.52. The monoisotopic (exact) mass is 310 g/mol. The van der Waals surface area contributed by atoms with Crippen LogP contribution < -0.4 is 15.4 Å². The van der Waals surface area contributed by atoms with Crippen LogP contribution in [0.5, 0.6) is 5.75 Å². The molecule has 0 saturated carbocycles. The Bertz CT molecular complexity index is 510. The first-order valence-corrected chi connectivity index (χ1v) is 7.74. The lowest BCUT2D eigenvalue weighted by Crippen LogP contribution is -2.41. The zero-order valence-electron chi connectivity index (χ0n) is 12.8. The van der Waals surface area contributed by atoms with Gasteiger partial charge in [-0.05, 0) is 25.3 Å². The van der Waals surface area contributed by atoms with Crippen LogP contribution in [0, 0.1) is 5.82 Å². The molecule has 2 unspecified atom stereocenters. The summed E-state index contributed by atoms with van der Waals surface area (Å²) >= 11 is 0. The molecule has 1 aliphatic heterocycles. The number of carbonyl (C=O) groups is 1. The maximum atomic E-state index is 13.3. The fourth-order valence-corrected chi connectivity index (χ4v) is 2.55. The highest BCUT2D eigenvalue weighted by Crippen LogP contribution is 2.31. The van der Waals surface area contributed by atoms with E-state index in [1.165, 1.54) is 12.1 Å². The zero-order chi connectivity index (χ0) is 15.9. The predicted octanol–water partition coefficient (Wildman–Crippen LogP) is 2.50. The second-order valence-corrected chi connectivity index (χ2v) is 5.52. The highest BCUT2D eigenvalue weighted by Gasteiger charge is 2.22. The molecule has 22 heavy (non-hydrogen) atoms. The first kappa shape index (κ1) is 16.5. The smallest absolute Gasteiger partial charge is 0.315 e. The standard InChI is InChI=1S/C16H23FN2O3/c1-2-4-12(20)10-18-16(21)19-14-5-3-8-22-15-9-11(17)6-7-13(14)15/h6-7,9,12,14,20H,2-5,8,10H2,1H3,(H2,18,19,21). The largest absolute Gasteiger partial charge is 0.493 e. The SMILES string of the molecule is CCCC(O)CNC(=O)NC1CCCOc2cc(F)ccc21. The Labute approximate surface area is 129 Å². The fraction of sp³-hybridized carbons (Fsp3) is 0.562. The van der Waals surface area contributed by atoms with E-state index in [0.29, 0.717) is 18.8 Å². The molecule has 1 aromatic rings. The minimum Gasteiger partial charge on any atom is -0.493 e. The summed E-state index contributed by atoms with van der Waals surface area (Å²) in [6, 6.07) is 3.80. The molecular weight excluding hydrogens is 287 g/mol. The van der Waals surface area contributed by atoms with Crippen molar-refractivity contribution in [3.05, 3.63) is 29.6 Å². The van der Waals surface area contributed by atoms with Crippen molar-refractivity contribution in [1.82, 2.24) is 10.6 Å². The van der Waals surface area contributed by atoms with Gasteiger partial charge < -0.3 is 20.5 Å². The van der Waals surface area contributed by atoms with Gasteiger partial charge in [0, 0.05) is 18.2 Å². The molecule has 0 bridgehead atoms. The van der Waals surface area contributed by atoms with E-state index in [0.717, 1.165) is 24.8 Å². The fourth-order valence-electron chi connectivity index (χ4n) is 2.55. The molecule has 1 aliphatic rings. The number of rotatable bonds is 5. The van der Waals surface area contributed by atoms with Gasteiger partial charge in [-0.15, -0.1) is 0 Å². The zero-order valence-corrected chi connectivity index (χ0v) is 12.8. The van der Waals surface area contributed by atoms with Crippen LogP contribution in [-0.4, -0.2) is 30.4 Å². The van der Waals surface area contributed by atoms with Gasteiger partial charge in [-0.1, -0.05) is 19.4 Å². The Morgan fingerprint density at radius 1 is 1.55 bits per heavy atom. The molecule has 122 valence electrons. The van der Waals surface area contributed by atoms with E-state index in [2.05, 4.69) is 10.6 Å². The van der Waals surface area contributed by atoms with Gasteiger partial charge in [-0.25, -0.2) is 9.18 Å². The molecule has 1 aromatic carbocycles. The van der Waals surface area contributed by atoms with Crippen LogP contribution in [0.1, 0.15) is 44.2 Å². The van der Waals surface area contributed by atoms with Crippen molar-refractivity contribution < 1.29 is 19.0 Å². The van der Waals surface area contributed by atoms with Crippen LogP contribution >= 0.6 is 0 Å². The quantitative estimate of drug-likeness (QED) is 0.782. The van der Waals surface area contributed by atoms with Gasteiger partial charge in [0.1, 0.15) is 11.6 Å². The summed E-state index contributed by atoms with van der Waals surface area (Å²) in [5.41, 5.74) is 0.781. The molecule has 6 heteroatoms.